The number of H-pyrrole nitrogens is 1. The van der Waals surface area contributed by atoms with Gasteiger partial charge in [0.25, 0.3) is 5.56 Å². The maximum absolute atomic E-state index is 12.7. The number of rotatable bonds is 4. The molecular formula is C17H15ClN6O3S. The molecule has 1 aromatic carbocycles. The van der Waals surface area contributed by atoms with E-state index in [2.05, 4.69) is 20.4 Å². The molecule has 0 aliphatic carbocycles. The Morgan fingerprint density at radius 1 is 1.25 bits per heavy atom. The Hall–Kier alpha value is -2.98. The fraction of sp³-hybridized carbons (Fsp3) is 0.176. The van der Waals surface area contributed by atoms with E-state index in [1.54, 1.807) is 20.2 Å². The molecule has 0 saturated heterocycles. The van der Waals surface area contributed by atoms with Gasteiger partial charge in [-0.05, 0) is 31.2 Å². The summed E-state index contributed by atoms with van der Waals surface area (Å²) >= 11 is 6.15. The second-order valence-electron chi connectivity index (χ2n) is 6.30. The van der Waals surface area contributed by atoms with Crippen molar-refractivity contribution in [2.75, 3.05) is 0 Å². The molecule has 0 saturated carbocycles. The molecule has 11 heteroatoms. The van der Waals surface area contributed by atoms with Gasteiger partial charge in [-0.25, -0.2) is 13.1 Å². The fourth-order valence-electron chi connectivity index (χ4n) is 2.82. The van der Waals surface area contributed by atoms with Crippen molar-refractivity contribution in [3.05, 3.63) is 63.4 Å². The van der Waals surface area contributed by atoms with Gasteiger partial charge < -0.3 is 0 Å². The quantitative estimate of drug-likeness (QED) is 0.539. The van der Waals surface area contributed by atoms with Crippen molar-refractivity contribution in [2.45, 2.75) is 23.4 Å². The zero-order chi connectivity index (χ0) is 20.1. The van der Waals surface area contributed by atoms with Crippen LogP contribution in [0.1, 0.15) is 11.4 Å². The topological polar surface area (TPSA) is 116 Å². The lowest BCUT2D eigenvalue weighted by atomic mass is 10.2. The molecule has 0 radical (unpaired) electrons. The third kappa shape index (κ3) is 3.00. The number of nitrogens with one attached hydrogen (secondary N) is 1. The number of aryl methyl sites for hydroxylation is 2. The summed E-state index contributed by atoms with van der Waals surface area (Å²) in [6.45, 7) is 1.88. The minimum atomic E-state index is -3.78. The fourth-order valence-corrected chi connectivity index (χ4v) is 4.21. The van der Waals surface area contributed by atoms with Crippen LogP contribution in [-0.4, -0.2) is 38.2 Å². The number of halogens is 1. The number of fused-ring (bicyclic) bond motifs is 1. The van der Waals surface area contributed by atoms with Crippen LogP contribution in [0.3, 0.4) is 0 Å². The minimum absolute atomic E-state index is 0.0450. The molecule has 28 heavy (non-hydrogen) atoms. The van der Waals surface area contributed by atoms with Crippen LogP contribution in [0.5, 0.6) is 0 Å². The highest BCUT2D eigenvalue weighted by atomic mass is 35.5. The second-order valence-corrected chi connectivity index (χ2v) is 8.57. The summed E-state index contributed by atoms with van der Waals surface area (Å²) in [5.41, 5.74) is 0.841. The molecule has 3 aromatic heterocycles. The summed E-state index contributed by atoms with van der Waals surface area (Å²) in [4.78, 5) is 12.8. The number of sulfone groups is 1. The Morgan fingerprint density at radius 3 is 2.68 bits per heavy atom. The van der Waals surface area contributed by atoms with Gasteiger partial charge >= 0.3 is 0 Å². The first-order valence-corrected chi connectivity index (χ1v) is 10.1. The first-order valence-electron chi connectivity index (χ1n) is 8.21. The number of nitrogens with zero attached hydrogens (tertiary/aromatic N) is 5. The molecular weight excluding hydrogens is 404 g/mol. The van der Waals surface area contributed by atoms with Gasteiger partial charge in [0.2, 0.25) is 9.84 Å². The van der Waals surface area contributed by atoms with Crippen LogP contribution in [0.4, 0.5) is 0 Å². The van der Waals surface area contributed by atoms with E-state index in [0.717, 1.165) is 0 Å². The molecule has 0 aliphatic heterocycles. The maximum atomic E-state index is 12.7. The van der Waals surface area contributed by atoms with E-state index in [0.29, 0.717) is 27.2 Å². The largest absolute Gasteiger partial charge is 0.281 e. The summed E-state index contributed by atoms with van der Waals surface area (Å²) in [6.07, 6.45) is 3.00. The predicted molar refractivity (Wildman–Crippen MR) is 102 cm³/mol. The van der Waals surface area contributed by atoms with Crippen LogP contribution in [0.25, 0.3) is 10.8 Å². The van der Waals surface area contributed by atoms with Crippen molar-refractivity contribution in [3.63, 3.8) is 0 Å². The van der Waals surface area contributed by atoms with E-state index in [4.69, 9.17) is 11.6 Å². The molecule has 0 atom stereocenters. The van der Waals surface area contributed by atoms with Crippen molar-refractivity contribution in [3.8, 4) is 0 Å². The molecule has 1 N–H and O–H groups in total. The van der Waals surface area contributed by atoms with E-state index in [9.17, 15) is 13.2 Å². The Balaban J connectivity index is 1.76. The SMILES string of the molecule is Cc1[nH]nc(Cn2ncc3cc(S(=O)(=O)c4ccn(C)n4)ccc3c2=O)c1Cl. The number of benzene rings is 1. The van der Waals surface area contributed by atoms with E-state index in [1.165, 1.54) is 39.8 Å². The van der Waals surface area contributed by atoms with Crippen LogP contribution in [0.2, 0.25) is 5.02 Å². The number of hydrogen-bond acceptors (Lipinski definition) is 6. The molecule has 144 valence electrons. The molecule has 0 amide bonds. The van der Waals surface area contributed by atoms with E-state index < -0.39 is 9.84 Å². The van der Waals surface area contributed by atoms with Crippen molar-refractivity contribution >= 4 is 32.2 Å². The molecule has 0 spiro atoms. The first kappa shape index (κ1) is 18.4. The molecule has 4 aromatic rings. The molecule has 9 nitrogen and oxygen atoms in total. The summed E-state index contributed by atoms with van der Waals surface area (Å²) in [5.74, 6) is 0. The predicted octanol–water partition coefficient (Wildman–Crippen LogP) is 1.70. The lowest BCUT2D eigenvalue weighted by Crippen LogP contribution is -2.23. The van der Waals surface area contributed by atoms with E-state index in [1.807, 2.05) is 0 Å². The monoisotopic (exact) mass is 418 g/mol. The van der Waals surface area contributed by atoms with Gasteiger partial charge in [-0.15, -0.1) is 0 Å². The van der Waals surface area contributed by atoms with E-state index >= 15 is 0 Å². The molecule has 4 rings (SSSR count). The molecule has 0 bridgehead atoms. The van der Waals surface area contributed by atoms with Gasteiger partial charge in [-0.1, -0.05) is 11.6 Å². The first-order chi connectivity index (χ1) is 13.3. The standard InChI is InChI=1S/C17H15ClN6O3S/c1-10-16(18)14(21-20-10)9-24-17(25)13-4-3-12(7-11(13)8-19-24)28(26,27)15-5-6-23(2)22-15/h3-8H,9H2,1-2H3,(H,20,21). The van der Waals surface area contributed by atoms with Crippen LogP contribution in [-0.2, 0) is 23.4 Å². The third-order valence-electron chi connectivity index (χ3n) is 4.34. The zero-order valence-corrected chi connectivity index (χ0v) is 16.5. The van der Waals surface area contributed by atoms with Crippen molar-refractivity contribution in [1.82, 2.24) is 29.8 Å². The Bertz CT molecular complexity index is 1370. The number of aromatic nitrogens is 6. The van der Waals surface area contributed by atoms with Crippen molar-refractivity contribution < 1.29 is 8.42 Å². The highest BCUT2D eigenvalue weighted by molar-refractivity contribution is 7.91. The third-order valence-corrected chi connectivity index (χ3v) is 6.48. The minimum Gasteiger partial charge on any atom is -0.281 e. The summed E-state index contributed by atoms with van der Waals surface area (Å²) in [7, 11) is -2.15. The average molecular weight is 419 g/mol. The summed E-state index contributed by atoms with van der Waals surface area (Å²) < 4.78 is 28.1. The van der Waals surface area contributed by atoms with Gasteiger partial charge in [0.05, 0.1) is 33.7 Å². The Kier molecular flexibility index (Phi) is 4.31. The van der Waals surface area contributed by atoms with Gasteiger partial charge in [-0.3, -0.25) is 14.6 Å². The average Bonchev–Trinajstić information content (AvgIpc) is 3.25. The van der Waals surface area contributed by atoms with Crippen LogP contribution in [0, 0.1) is 6.92 Å². The number of aromatic amines is 1. The smallest absolute Gasteiger partial charge is 0.274 e. The van der Waals surface area contributed by atoms with Gasteiger partial charge in [0.1, 0.15) is 5.69 Å². The summed E-state index contributed by atoms with van der Waals surface area (Å²) in [6, 6.07) is 5.71. The molecule has 3 heterocycles. The highest BCUT2D eigenvalue weighted by Crippen LogP contribution is 2.22. The molecule has 0 aliphatic rings. The van der Waals surface area contributed by atoms with Crippen LogP contribution >= 0.6 is 11.6 Å². The molecule has 0 unspecified atom stereocenters. The second kappa shape index (κ2) is 6.57. The van der Waals surface area contributed by atoms with Crippen LogP contribution < -0.4 is 5.56 Å². The number of hydrogen-bond donors (Lipinski definition) is 1. The van der Waals surface area contributed by atoms with Crippen molar-refractivity contribution in [2.24, 2.45) is 7.05 Å². The van der Waals surface area contributed by atoms with Crippen molar-refractivity contribution in [1.29, 1.82) is 0 Å². The normalized spacial score (nSPS) is 12.0. The lowest BCUT2D eigenvalue weighted by molar-refractivity contribution is 0.588. The lowest BCUT2D eigenvalue weighted by Gasteiger charge is -2.07. The van der Waals surface area contributed by atoms with Gasteiger partial charge in [0, 0.05) is 18.6 Å². The van der Waals surface area contributed by atoms with Crippen LogP contribution in [0.15, 0.2) is 51.4 Å². The zero-order valence-electron chi connectivity index (χ0n) is 14.9. The summed E-state index contributed by atoms with van der Waals surface area (Å²) in [5, 5.41) is 16.1. The molecule has 0 fully saturated rings. The van der Waals surface area contributed by atoms with Gasteiger partial charge in [0.15, 0.2) is 5.03 Å². The maximum Gasteiger partial charge on any atom is 0.274 e. The Labute approximate surface area is 164 Å². The van der Waals surface area contributed by atoms with E-state index in [-0.39, 0.29) is 22.0 Å². The highest BCUT2D eigenvalue weighted by Gasteiger charge is 2.21. The Morgan fingerprint density at radius 2 is 2.04 bits per heavy atom. The van der Waals surface area contributed by atoms with Gasteiger partial charge in [-0.2, -0.15) is 15.3 Å².